The lowest BCUT2D eigenvalue weighted by atomic mass is 10.00. The number of allylic oxidation sites excluding steroid dienone is 1. The Morgan fingerprint density at radius 3 is 2.78 bits per heavy atom. The molecule has 0 saturated heterocycles. The van der Waals surface area contributed by atoms with Gasteiger partial charge in [0.1, 0.15) is 18.1 Å². The maximum absolute atomic E-state index is 11.3. The van der Waals surface area contributed by atoms with Crippen molar-refractivity contribution in [2.24, 2.45) is 0 Å². The maximum Gasteiger partial charge on any atom is 0.335 e. The fourth-order valence-corrected chi connectivity index (χ4v) is 3.38. The van der Waals surface area contributed by atoms with E-state index in [0.717, 1.165) is 46.8 Å². The van der Waals surface area contributed by atoms with Crippen molar-refractivity contribution < 1.29 is 14.6 Å². The van der Waals surface area contributed by atoms with Crippen LogP contribution in [0.25, 0.3) is 11.4 Å². The molecule has 27 heavy (non-hydrogen) atoms. The molecule has 0 spiro atoms. The first-order valence-corrected chi connectivity index (χ1v) is 8.93. The quantitative estimate of drug-likeness (QED) is 0.733. The SMILES string of the molecule is Cc1nn(-c2cccc(C(=O)O)c2)c2c1CCC=C2OCc1ccccc1. The van der Waals surface area contributed by atoms with Crippen LogP contribution in [0.4, 0.5) is 0 Å². The van der Waals surface area contributed by atoms with Crippen molar-refractivity contribution in [1.82, 2.24) is 9.78 Å². The van der Waals surface area contributed by atoms with Crippen molar-refractivity contribution in [3.05, 3.63) is 88.8 Å². The third-order valence-electron chi connectivity index (χ3n) is 4.72. The molecule has 0 radical (unpaired) electrons. The number of aryl methyl sites for hydroxylation is 1. The minimum absolute atomic E-state index is 0.237. The zero-order valence-corrected chi connectivity index (χ0v) is 15.1. The zero-order valence-electron chi connectivity index (χ0n) is 15.1. The molecular formula is C22H20N2O3. The molecule has 136 valence electrons. The van der Waals surface area contributed by atoms with E-state index in [0.29, 0.717) is 6.61 Å². The highest BCUT2D eigenvalue weighted by molar-refractivity contribution is 5.88. The van der Waals surface area contributed by atoms with Crippen LogP contribution in [0, 0.1) is 6.92 Å². The summed E-state index contributed by atoms with van der Waals surface area (Å²) in [4.78, 5) is 11.3. The van der Waals surface area contributed by atoms with E-state index in [9.17, 15) is 9.90 Å². The van der Waals surface area contributed by atoms with E-state index in [1.807, 2.05) is 43.3 Å². The van der Waals surface area contributed by atoms with Crippen molar-refractivity contribution in [2.45, 2.75) is 26.4 Å². The maximum atomic E-state index is 11.3. The van der Waals surface area contributed by atoms with Crippen LogP contribution in [0.1, 0.15) is 39.3 Å². The number of aromatic nitrogens is 2. The fourth-order valence-electron chi connectivity index (χ4n) is 3.38. The predicted molar refractivity (Wildman–Crippen MR) is 103 cm³/mol. The summed E-state index contributed by atoms with van der Waals surface area (Å²) in [6.07, 6.45) is 3.89. The van der Waals surface area contributed by atoms with Gasteiger partial charge in [0, 0.05) is 5.56 Å². The molecule has 2 aromatic carbocycles. The summed E-state index contributed by atoms with van der Waals surface area (Å²) in [5.74, 6) is -0.160. The number of carbonyl (C=O) groups is 1. The van der Waals surface area contributed by atoms with E-state index >= 15 is 0 Å². The van der Waals surface area contributed by atoms with Crippen molar-refractivity contribution in [2.75, 3.05) is 0 Å². The average Bonchev–Trinajstić information content (AvgIpc) is 3.05. The lowest BCUT2D eigenvalue weighted by Gasteiger charge is -2.18. The second kappa shape index (κ2) is 7.11. The van der Waals surface area contributed by atoms with Crippen LogP contribution in [0.3, 0.4) is 0 Å². The number of hydrogen-bond acceptors (Lipinski definition) is 3. The van der Waals surface area contributed by atoms with E-state index in [-0.39, 0.29) is 5.56 Å². The first-order chi connectivity index (χ1) is 13.1. The summed E-state index contributed by atoms with van der Waals surface area (Å²) in [7, 11) is 0. The Hall–Kier alpha value is -3.34. The summed E-state index contributed by atoms with van der Waals surface area (Å²) in [6, 6.07) is 16.8. The molecule has 5 nitrogen and oxygen atoms in total. The van der Waals surface area contributed by atoms with E-state index in [4.69, 9.17) is 4.74 Å². The largest absolute Gasteiger partial charge is 0.487 e. The second-order valence-corrected chi connectivity index (χ2v) is 6.56. The summed E-state index contributed by atoms with van der Waals surface area (Å²) in [5.41, 5.74) is 5.07. The highest BCUT2D eigenvalue weighted by Crippen LogP contribution is 2.32. The van der Waals surface area contributed by atoms with E-state index in [1.54, 1.807) is 22.9 Å². The van der Waals surface area contributed by atoms with Gasteiger partial charge in [-0.3, -0.25) is 0 Å². The lowest BCUT2D eigenvalue weighted by Crippen LogP contribution is -2.09. The number of rotatable bonds is 5. The Labute approximate surface area is 157 Å². The predicted octanol–water partition coefficient (Wildman–Crippen LogP) is 4.38. The van der Waals surface area contributed by atoms with Gasteiger partial charge in [-0.1, -0.05) is 36.4 Å². The van der Waals surface area contributed by atoms with Crippen LogP contribution in [-0.2, 0) is 17.8 Å². The minimum atomic E-state index is -0.953. The monoisotopic (exact) mass is 360 g/mol. The molecule has 1 aromatic heterocycles. The number of ether oxygens (including phenoxy) is 1. The molecule has 0 fully saturated rings. The van der Waals surface area contributed by atoms with Crippen molar-refractivity contribution in [1.29, 1.82) is 0 Å². The molecule has 3 aromatic rings. The molecule has 0 saturated carbocycles. The Bertz CT molecular complexity index is 1020. The molecule has 0 aliphatic heterocycles. The van der Waals surface area contributed by atoms with Crippen LogP contribution in [0.5, 0.6) is 0 Å². The van der Waals surface area contributed by atoms with Gasteiger partial charge < -0.3 is 9.84 Å². The van der Waals surface area contributed by atoms with Crippen molar-refractivity contribution in [3.63, 3.8) is 0 Å². The summed E-state index contributed by atoms with van der Waals surface area (Å²) < 4.78 is 7.93. The summed E-state index contributed by atoms with van der Waals surface area (Å²) >= 11 is 0. The summed E-state index contributed by atoms with van der Waals surface area (Å²) in [5, 5.41) is 14.0. The molecule has 1 N–H and O–H groups in total. The number of carboxylic acid groups (broad SMARTS) is 1. The fraction of sp³-hybridized carbons (Fsp3) is 0.182. The highest BCUT2D eigenvalue weighted by Gasteiger charge is 2.24. The smallest absolute Gasteiger partial charge is 0.335 e. The number of benzene rings is 2. The number of nitrogens with zero attached hydrogens (tertiary/aromatic N) is 2. The van der Waals surface area contributed by atoms with Gasteiger partial charge in [0.05, 0.1) is 16.9 Å². The molecule has 5 heteroatoms. The average molecular weight is 360 g/mol. The van der Waals surface area contributed by atoms with Gasteiger partial charge in [-0.05, 0) is 49.6 Å². The van der Waals surface area contributed by atoms with Crippen LogP contribution in [0.15, 0.2) is 60.7 Å². The van der Waals surface area contributed by atoms with Gasteiger partial charge in [0.15, 0.2) is 0 Å². The number of fused-ring (bicyclic) bond motifs is 1. The van der Waals surface area contributed by atoms with E-state index in [1.165, 1.54) is 0 Å². The third-order valence-corrected chi connectivity index (χ3v) is 4.72. The third kappa shape index (κ3) is 3.36. The Morgan fingerprint density at radius 1 is 1.19 bits per heavy atom. The Balaban J connectivity index is 1.71. The Kier molecular flexibility index (Phi) is 4.50. The first-order valence-electron chi connectivity index (χ1n) is 8.93. The van der Waals surface area contributed by atoms with Crippen molar-refractivity contribution in [3.8, 4) is 5.69 Å². The number of aromatic carboxylic acids is 1. The molecule has 0 unspecified atom stereocenters. The van der Waals surface area contributed by atoms with Crippen LogP contribution in [-0.4, -0.2) is 20.9 Å². The van der Waals surface area contributed by atoms with Gasteiger partial charge >= 0.3 is 5.97 Å². The van der Waals surface area contributed by atoms with Gasteiger partial charge in [-0.25, -0.2) is 9.48 Å². The normalized spacial score (nSPS) is 13.0. The summed E-state index contributed by atoms with van der Waals surface area (Å²) in [6.45, 7) is 2.46. The number of carboxylic acids is 1. The number of hydrogen-bond donors (Lipinski definition) is 1. The van der Waals surface area contributed by atoms with Gasteiger partial charge in [-0.15, -0.1) is 0 Å². The second-order valence-electron chi connectivity index (χ2n) is 6.56. The van der Waals surface area contributed by atoms with Crippen LogP contribution < -0.4 is 0 Å². The standard InChI is InChI=1S/C22H20N2O3/c1-15-19-11-6-12-20(27-14-16-7-3-2-4-8-16)21(19)24(23-15)18-10-5-9-17(13-18)22(25)26/h2-5,7-10,12-13H,6,11,14H2,1H3,(H,25,26). The molecule has 1 aliphatic rings. The molecule has 0 bridgehead atoms. The topological polar surface area (TPSA) is 64.4 Å². The molecule has 0 atom stereocenters. The molecule has 1 heterocycles. The first kappa shape index (κ1) is 17.1. The van der Waals surface area contributed by atoms with Gasteiger partial charge in [0.2, 0.25) is 0 Å². The minimum Gasteiger partial charge on any atom is -0.487 e. The van der Waals surface area contributed by atoms with Crippen LogP contribution in [0.2, 0.25) is 0 Å². The molecular weight excluding hydrogens is 340 g/mol. The molecule has 1 aliphatic carbocycles. The van der Waals surface area contributed by atoms with Crippen molar-refractivity contribution >= 4 is 11.7 Å². The van der Waals surface area contributed by atoms with Crippen LogP contribution >= 0.6 is 0 Å². The highest BCUT2D eigenvalue weighted by atomic mass is 16.5. The van der Waals surface area contributed by atoms with E-state index in [2.05, 4.69) is 11.2 Å². The van der Waals surface area contributed by atoms with Gasteiger partial charge in [0.25, 0.3) is 0 Å². The molecule has 0 amide bonds. The zero-order chi connectivity index (χ0) is 18.8. The Morgan fingerprint density at radius 2 is 2.00 bits per heavy atom. The van der Waals surface area contributed by atoms with Gasteiger partial charge in [-0.2, -0.15) is 5.10 Å². The molecule has 4 rings (SSSR count). The van der Waals surface area contributed by atoms with E-state index < -0.39 is 5.97 Å². The lowest BCUT2D eigenvalue weighted by molar-refractivity contribution is 0.0697.